The van der Waals surface area contributed by atoms with Crippen LogP contribution in [-0.4, -0.2) is 33.8 Å². The molecule has 0 spiro atoms. The van der Waals surface area contributed by atoms with Crippen molar-refractivity contribution >= 4 is 41.3 Å². The summed E-state index contributed by atoms with van der Waals surface area (Å²) in [6, 6.07) is 10.3. The molecule has 1 aromatic heterocycles. The van der Waals surface area contributed by atoms with E-state index in [2.05, 4.69) is 40.7 Å². The molecule has 144 valence electrons. The standard InChI is InChI=1S/C19H27N3O2S.HI/c1-14-7-9-16(25-14)13-22-19(20-2)21-11-5-6-15-8-10-17(23-3)18(12-15)24-4;/h7-10,12H,5-6,11,13H2,1-4H3,(H2,20,21,22);1H. The molecule has 7 heteroatoms. The summed E-state index contributed by atoms with van der Waals surface area (Å²) >= 11 is 1.80. The van der Waals surface area contributed by atoms with Crippen LogP contribution in [-0.2, 0) is 13.0 Å². The number of hydrogen-bond donors (Lipinski definition) is 2. The zero-order chi connectivity index (χ0) is 18.1. The van der Waals surface area contributed by atoms with Gasteiger partial charge < -0.3 is 20.1 Å². The molecule has 0 fully saturated rings. The molecule has 0 aliphatic rings. The highest BCUT2D eigenvalue weighted by atomic mass is 127. The molecule has 0 amide bonds. The van der Waals surface area contributed by atoms with Crippen LogP contribution in [0.4, 0.5) is 0 Å². The molecule has 0 saturated heterocycles. The number of halogens is 1. The molecule has 1 aromatic carbocycles. The van der Waals surface area contributed by atoms with Crippen molar-refractivity contribution in [3.8, 4) is 11.5 Å². The number of aryl methyl sites for hydroxylation is 2. The van der Waals surface area contributed by atoms with E-state index in [1.165, 1.54) is 15.3 Å². The number of aliphatic imine (C=N–C) groups is 1. The van der Waals surface area contributed by atoms with E-state index in [4.69, 9.17) is 9.47 Å². The molecule has 2 N–H and O–H groups in total. The first-order chi connectivity index (χ1) is 12.2. The summed E-state index contributed by atoms with van der Waals surface area (Å²) in [6.07, 6.45) is 1.97. The van der Waals surface area contributed by atoms with E-state index in [1.807, 2.05) is 12.1 Å². The Kier molecular flexibility index (Phi) is 10.4. The van der Waals surface area contributed by atoms with Gasteiger partial charge in [0.25, 0.3) is 0 Å². The van der Waals surface area contributed by atoms with E-state index in [0.29, 0.717) is 0 Å². The minimum atomic E-state index is 0. The highest BCUT2D eigenvalue weighted by Gasteiger charge is 2.05. The fourth-order valence-electron chi connectivity index (χ4n) is 2.51. The number of hydrogen-bond acceptors (Lipinski definition) is 4. The van der Waals surface area contributed by atoms with Crippen molar-refractivity contribution in [3.05, 3.63) is 45.6 Å². The summed E-state index contributed by atoms with van der Waals surface area (Å²) in [4.78, 5) is 6.91. The number of benzene rings is 1. The summed E-state index contributed by atoms with van der Waals surface area (Å²) in [5.41, 5.74) is 1.23. The van der Waals surface area contributed by atoms with Gasteiger partial charge in [-0.15, -0.1) is 35.3 Å². The largest absolute Gasteiger partial charge is 0.493 e. The molecular formula is C19H28IN3O2S. The number of rotatable bonds is 8. The number of guanidine groups is 1. The first-order valence-electron chi connectivity index (χ1n) is 8.37. The van der Waals surface area contributed by atoms with Gasteiger partial charge in [0.1, 0.15) is 0 Å². The lowest BCUT2D eigenvalue weighted by Crippen LogP contribution is -2.37. The molecule has 0 unspecified atom stereocenters. The average Bonchev–Trinajstić information content (AvgIpc) is 3.06. The van der Waals surface area contributed by atoms with E-state index in [1.54, 1.807) is 32.6 Å². The monoisotopic (exact) mass is 489 g/mol. The van der Waals surface area contributed by atoms with Crippen LogP contribution in [0.1, 0.15) is 21.7 Å². The Morgan fingerprint density at radius 1 is 1.08 bits per heavy atom. The van der Waals surface area contributed by atoms with E-state index < -0.39 is 0 Å². The molecule has 2 rings (SSSR count). The van der Waals surface area contributed by atoms with Crippen LogP contribution in [0.25, 0.3) is 0 Å². The number of nitrogens with one attached hydrogen (secondary N) is 2. The molecule has 0 aliphatic carbocycles. The zero-order valence-corrected chi connectivity index (χ0v) is 18.9. The van der Waals surface area contributed by atoms with Crippen molar-refractivity contribution in [2.45, 2.75) is 26.3 Å². The van der Waals surface area contributed by atoms with Crippen molar-refractivity contribution in [3.63, 3.8) is 0 Å². The van der Waals surface area contributed by atoms with Crippen LogP contribution < -0.4 is 20.1 Å². The Morgan fingerprint density at radius 3 is 2.46 bits per heavy atom. The van der Waals surface area contributed by atoms with Crippen molar-refractivity contribution < 1.29 is 9.47 Å². The van der Waals surface area contributed by atoms with Gasteiger partial charge in [0.2, 0.25) is 0 Å². The molecule has 5 nitrogen and oxygen atoms in total. The smallest absolute Gasteiger partial charge is 0.191 e. The van der Waals surface area contributed by atoms with Crippen LogP contribution in [0.15, 0.2) is 35.3 Å². The van der Waals surface area contributed by atoms with Crippen LogP contribution in [0, 0.1) is 6.92 Å². The molecule has 1 heterocycles. The van der Waals surface area contributed by atoms with Gasteiger partial charge in [0.05, 0.1) is 20.8 Å². The summed E-state index contributed by atoms with van der Waals surface area (Å²) in [5.74, 6) is 2.37. The van der Waals surface area contributed by atoms with E-state index in [0.717, 1.165) is 43.4 Å². The third-order valence-electron chi connectivity index (χ3n) is 3.83. The second kappa shape index (κ2) is 12.0. The predicted octanol–water partition coefficient (Wildman–Crippen LogP) is 3.99. The third kappa shape index (κ3) is 7.03. The van der Waals surface area contributed by atoms with E-state index in [-0.39, 0.29) is 24.0 Å². The van der Waals surface area contributed by atoms with Crippen molar-refractivity contribution in [1.29, 1.82) is 0 Å². The number of ether oxygens (including phenoxy) is 2. The summed E-state index contributed by atoms with van der Waals surface area (Å²) < 4.78 is 10.6. The van der Waals surface area contributed by atoms with E-state index in [9.17, 15) is 0 Å². The molecule has 2 aromatic rings. The molecule has 0 bridgehead atoms. The first-order valence-corrected chi connectivity index (χ1v) is 9.18. The Balaban J connectivity index is 0.00000338. The van der Waals surface area contributed by atoms with Gasteiger partial charge in [-0.3, -0.25) is 4.99 Å². The molecular weight excluding hydrogens is 461 g/mol. The number of nitrogens with zero attached hydrogens (tertiary/aromatic N) is 1. The van der Waals surface area contributed by atoms with Crippen molar-refractivity contribution in [2.24, 2.45) is 4.99 Å². The Hall–Kier alpha value is -1.48. The maximum atomic E-state index is 5.35. The van der Waals surface area contributed by atoms with Crippen LogP contribution >= 0.6 is 35.3 Å². The van der Waals surface area contributed by atoms with Gasteiger partial charge in [-0.05, 0) is 49.6 Å². The SMILES string of the molecule is CN=C(NCCCc1ccc(OC)c(OC)c1)NCc1ccc(C)s1.I. The molecule has 0 saturated carbocycles. The second-order valence-corrected chi connectivity index (χ2v) is 7.03. The minimum Gasteiger partial charge on any atom is -0.493 e. The van der Waals surface area contributed by atoms with Crippen LogP contribution in [0.3, 0.4) is 0 Å². The van der Waals surface area contributed by atoms with Crippen molar-refractivity contribution in [1.82, 2.24) is 10.6 Å². The fraction of sp³-hybridized carbons (Fsp3) is 0.421. The lowest BCUT2D eigenvalue weighted by molar-refractivity contribution is 0.354. The summed E-state index contributed by atoms with van der Waals surface area (Å²) in [6.45, 7) is 3.78. The van der Waals surface area contributed by atoms with Gasteiger partial charge >= 0.3 is 0 Å². The van der Waals surface area contributed by atoms with Crippen molar-refractivity contribution in [2.75, 3.05) is 27.8 Å². The third-order valence-corrected chi connectivity index (χ3v) is 4.83. The number of thiophene rings is 1. The Bertz CT molecular complexity index is 704. The van der Waals surface area contributed by atoms with Gasteiger partial charge in [0.15, 0.2) is 17.5 Å². The summed E-state index contributed by atoms with van der Waals surface area (Å²) in [7, 11) is 5.11. The maximum Gasteiger partial charge on any atom is 0.191 e. The Labute approximate surface area is 177 Å². The summed E-state index contributed by atoms with van der Waals surface area (Å²) in [5, 5.41) is 6.70. The predicted molar refractivity (Wildman–Crippen MR) is 121 cm³/mol. The highest BCUT2D eigenvalue weighted by Crippen LogP contribution is 2.27. The van der Waals surface area contributed by atoms with Gasteiger partial charge in [-0.2, -0.15) is 0 Å². The van der Waals surface area contributed by atoms with Crippen LogP contribution in [0.2, 0.25) is 0 Å². The lowest BCUT2D eigenvalue weighted by atomic mass is 10.1. The fourth-order valence-corrected chi connectivity index (χ4v) is 3.34. The zero-order valence-electron chi connectivity index (χ0n) is 15.8. The molecule has 0 atom stereocenters. The Morgan fingerprint density at radius 2 is 1.85 bits per heavy atom. The van der Waals surface area contributed by atoms with E-state index >= 15 is 0 Å². The highest BCUT2D eigenvalue weighted by molar-refractivity contribution is 14.0. The molecule has 0 radical (unpaired) electrons. The van der Waals surface area contributed by atoms with Gasteiger partial charge in [-0.1, -0.05) is 6.07 Å². The maximum absolute atomic E-state index is 5.35. The average molecular weight is 489 g/mol. The van der Waals surface area contributed by atoms with Gasteiger partial charge in [0, 0.05) is 23.3 Å². The van der Waals surface area contributed by atoms with Crippen LogP contribution in [0.5, 0.6) is 11.5 Å². The minimum absolute atomic E-state index is 0. The lowest BCUT2D eigenvalue weighted by Gasteiger charge is -2.12. The first kappa shape index (κ1) is 22.6. The normalized spacial score (nSPS) is 10.8. The number of methoxy groups -OCH3 is 2. The molecule has 0 aliphatic heterocycles. The van der Waals surface area contributed by atoms with Gasteiger partial charge in [-0.25, -0.2) is 0 Å². The quantitative estimate of drug-likeness (QED) is 0.255. The molecule has 26 heavy (non-hydrogen) atoms. The second-order valence-electron chi connectivity index (χ2n) is 5.66. The topological polar surface area (TPSA) is 54.9 Å².